The van der Waals surface area contributed by atoms with Crippen LogP contribution in [0.25, 0.3) is 0 Å². The number of nitrogens with zero attached hydrogens (tertiary/aromatic N) is 1. The van der Waals surface area contributed by atoms with E-state index >= 15 is 0 Å². The van der Waals surface area contributed by atoms with E-state index in [1.807, 2.05) is 0 Å². The summed E-state index contributed by atoms with van der Waals surface area (Å²) in [5, 5.41) is 2.89. The number of methoxy groups -OCH3 is 1. The first-order valence-corrected chi connectivity index (χ1v) is 7.08. The number of guanidine groups is 1. The van der Waals surface area contributed by atoms with E-state index in [0.717, 1.165) is 18.9 Å². The van der Waals surface area contributed by atoms with Crippen molar-refractivity contribution in [1.29, 1.82) is 0 Å². The van der Waals surface area contributed by atoms with Crippen LogP contribution in [-0.4, -0.2) is 32.8 Å². The zero-order valence-electron chi connectivity index (χ0n) is 12.4. The number of rotatable bonds is 6. The molecule has 0 bridgehead atoms. The van der Waals surface area contributed by atoms with Gasteiger partial charge in [-0.15, -0.1) is 0 Å². The van der Waals surface area contributed by atoms with Gasteiger partial charge in [0.05, 0.1) is 18.7 Å². The second kappa shape index (κ2) is 6.56. The molecule has 0 spiro atoms. The lowest BCUT2D eigenvalue weighted by molar-refractivity contribution is -0.137. The molecule has 1 saturated carbocycles. The number of hydrogen-bond acceptors (Lipinski definition) is 2. The molecule has 122 valence electrons. The van der Waals surface area contributed by atoms with Crippen molar-refractivity contribution in [2.45, 2.75) is 24.4 Å². The van der Waals surface area contributed by atoms with Crippen LogP contribution in [0.15, 0.2) is 29.3 Å². The molecule has 7 heteroatoms. The summed E-state index contributed by atoms with van der Waals surface area (Å²) in [7, 11) is 1.59. The molecular formula is C15H20F3N3O. The summed E-state index contributed by atoms with van der Waals surface area (Å²) in [6.07, 6.45) is -2.68. The lowest BCUT2D eigenvalue weighted by Gasteiger charge is -2.16. The Morgan fingerprint density at radius 1 is 1.41 bits per heavy atom. The minimum absolute atomic E-state index is 0.287. The summed E-state index contributed by atoms with van der Waals surface area (Å²) < 4.78 is 43.3. The van der Waals surface area contributed by atoms with Gasteiger partial charge in [-0.25, -0.2) is 0 Å². The Labute approximate surface area is 127 Å². The van der Waals surface area contributed by atoms with Crippen molar-refractivity contribution >= 4 is 5.96 Å². The number of nitrogens with two attached hydrogens (primary N) is 1. The molecule has 0 aromatic heterocycles. The van der Waals surface area contributed by atoms with Gasteiger partial charge < -0.3 is 15.8 Å². The van der Waals surface area contributed by atoms with Crippen LogP contribution in [0.2, 0.25) is 0 Å². The number of hydrogen-bond donors (Lipinski definition) is 2. The molecule has 1 fully saturated rings. The maximum Gasteiger partial charge on any atom is 0.416 e. The SMILES string of the molecule is COCCNC(N)=NCC1(c2cccc(C(F)(F)F)c2)CC1. The van der Waals surface area contributed by atoms with E-state index in [9.17, 15) is 13.2 Å². The molecule has 2 rings (SSSR count). The number of nitrogens with one attached hydrogen (secondary N) is 1. The standard InChI is InChI=1S/C15H20F3N3O/c1-22-8-7-20-13(19)21-10-14(5-6-14)11-3-2-4-12(9-11)15(16,17)18/h2-4,9H,5-8,10H2,1H3,(H3,19,20,21). The largest absolute Gasteiger partial charge is 0.416 e. The van der Waals surface area contributed by atoms with Gasteiger partial charge in [-0.3, -0.25) is 4.99 Å². The molecule has 3 N–H and O–H groups in total. The minimum Gasteiger partial charge on any atom is -0.383 e. The van der Waals surface area contributed by atoms with Crippen LogP contribution in [0.5, 0.6) is 0 Å². The fraction of sp³-hybridized carbons (Fsp3) is 0.533. The molecule has 1 aromatic carbocycles. The molecule has 1 aromatic rings. The van der Waals surface area contributed by atoms with Crippen molar-refractivity contribution in [2.75, 3.05) is 26.8 Å². The van der Waals surface area contributed by atoms with E-state index in [4.69, 9.17) is 10.5 Å². The van der Waals surface area contributed by atoms with E-state index in [-0.39, 0.29) is 11.4 Å². The molecule has 0 atom stereocenters. The topological polar surface area (TPSA) is 59.6 Å². The van der Waals surface area contributed by atoms with Crippen molar-refractivity contribution in [1.82, 2.24) is 5.32 Å². The molecule has 22 heavy (non-hydrogen) atoms. The number of ether oxygens (including phenoxy) is 1. The Balaban J connectivity index is 2.04. The summed E-state index contributed by atoms with van der Waals surface area (Å²) in [6, 6.07) is 5.48. The third-order valence-corrected chi connectivity index (χ3v) is 3.82. The Kier molecular flexibility index (Phi) is 4.95. The fourth-order valence-electron chi connectivity index (χ4n) is 2.29. The maximum absolute atomic E-state index is 12.8. The van der Waals surface area contributed by atoms with Crippen molar-refractivity contribution in [3.05, 3.63) is 35.4 Å². The summed E-state index contributed by atoms with van der Waals surface area (Å²) in [4.78, 5) is 4.24. The highest BCUT2D eigenvalue weighted by atomic mass is 19.4. The summed E-state index contributed by atoms with van der Waals surface area (Å²) >= 11 is 0. The van der Waals surface area contributed by atoms with Gasteiger partial charge in [-0.05, 0) is 24.5 Å². The molecule has 0 unspecified atom stereocenters. The molecule has 4 nitrogen and oxygen atoms in total. The third kappa shape index (κ3) is 4.13. The summed E-state index contributed by atoms with van der Waals surface area (Å²) in [5.74, 6) is 0.287. The Bertz CT molecular complexity index is 539. The fourth-order valence-corrected chi connectivity index (χ4v) is 2.29. The predicted molar refractivity (Wildman–Crippen MR) is 78.7 cm³/mol. The van der Waals surface area contributed by atoms with Gasteiger partial charge in [0, 0.05) is 19.1 Å². The molecule has 1 aliphatic carbocycles. The van der Waals surface area contributed by atoms with Crippen LogP contribution in [0.1, 0.15) is 24.0 Å². The number of halogens is 3. The smallest absolute Gasteiger partial charge is 0.383 e. The highest BCUT2D eigenvalue weighted by molar-refractivity contribution is 5.77. The predicted octanol–water partition coefficient (Wildman–Crippen LogP) is 2.29. The van der Waals surface area contributed by atoms with Crippen LogP contribution < -0.4 is 11.1 Å². The van der Waals surface area contributed by atoms with Gasteiger partial charge in [-0.2, -0.15) is 13.2 Å². The van der Waals surface area contributed by atoms with Crippen LogP contribution in [0.3, 0.4) is 0 Å². The van der Waals surface area contributed by atoms with Crippen LogP contribution >= 0.6 is 0 Å². The molecule has 0 amide bonds. The van der Waals surface area contributed by atoms with E-state index < -0.39 is 11.7 Å². The first-order chi connectivity index (χ1) is 10.4. The molecule has 1 aliphatic rings. The van der Waals surface area contributed by atoms with Gasteiger partial charge >= 0.3 is 6.18 Å². The van der Waals surface area contributed by atoms with Crippen LogP contribution in [0, 0.1) is 0 Å². The van der Waals surface area contributed by atoms with Crippen LogP contribution in [0.4, 0.5) is 13.2 Å². The average Bonchev–Trinajstić information content (AvgIpc) is 3.26. The molecule has 0 aliphatic heterocycles. The van der Waals surface area contributed by atoms with Gasteiger partial charge in [0.25, 0.3) is 0 Å². The lowest BCUT2D eigenvalue weighted by atomic mass is 9.94. The van der Waals surface area contributed by atoms with Gasteiger partial charge in [0.2, 0.25) is 0 Å². The second-order valence-corrected chi connectivity index (χ2v) is 5.48. The zero-order chi connectivity index (χ0) is 16.2. The first-order valence-electron chi connectivity index (χ1n) is 7.08. The lowest BCUT2D eigenvalue weighted by Crippen LogP contribution is -2.34. The quantitative estimate of drug-likeness (QED) is 0.481. The molecular weight excluding hydrogens is 295 g/mol. The normalized spacial score (nSPS) is 17.4. The molecule has 0 heterocycles. The second-order valence-electron chi connectivity index (χ2n) is 5.48. The van der Waals surface area contributed by atoms with Gasteiger partial charge in [-0.1, -0.05) is 18.2 Å². The highest BCUT2D eigenvalue weighted by Crippen LogP contribution is 2.49. The molecule has 0 radical (unpaired) electrons. The van der Waals surface area contributed by atoms with Crippen LogP contribution in [-0.2, 0) is 16.3 Å². The molecule has 0 saturated heterocycles. The van der Waals surface area contributed by atoms with Crippen molar-refractivity contribution in [2.24, 2.45) is 10.7 Å². The first kappa shape index (κ1) is 16.6. The third-order valence-electron chi connectivity index (χ3n) is 3.82. The minimum atomic E-state index is -4.32. The van der Waals surface area contributed by atoms with Crippen molar-refractivity contribution in [3.63, 3.8) is 0 Å². The number of benzene rings is 1. The van der Waals surface area contributed by atoms with Crippen molar-refractivity contribution in [3.8, 4) is 0 Å². The summed E-state index contributed by atoms with van der Waals surface area (Å²) in [6.45, 7) is 1.44. The zero-order valence-corrected chi connectivity index (χ0v) is 12.4. The maximum atomic E-state index is 12.8. The van der Waals surface area contributed by atoms with Crippen molar-refractivity contribution < 1.29 is 17.9 Å². The Hall–Kier alpha value is -1.76. The summed E-state index contributed by atoms with van der Waals surface area (Å²) in [5.41, 5.74) is 5.48. The Morgan fingerprint density at radius 3 is 2.73 bits per heavy atom. The van der Waals surface area contributed by atoms with E-state index in [1.165, 1.54) is 12.1 Å². The van der Waals surface area contributed by atoms with Gasteiger partial charge in [0.1, 0.15) is 0 Å². The number of alkyl halides is 3. The van der Waals surface area contributed by atoms with E-state index in [0.29, 0.717) is 25.3 Å². The van der Waals surface area contributed by atoms with E-state index in [1.54, 1.807) is 13.2 Å². The van der Waals surface area contributed by atoms with E-state index in [2.05, 4.69) is 10.3 Å². The van der Waals surface area contributed by atoms with Gasteiger partial charge in [0.15, 0.2) is 5.96 Å². The monoisotopic (exact) mass is 315 g/mol. The Morgan fingerprint density at radius 2 is 2.14 bits per heavy atom. The number of aliphatic imine (C=N–C) groups is 1. The average molecular weight is 315 g/mol. The highest BCUT2D eigenvalue weighted by Gasteiger charge is 2.45.